The second kappa shape index (κ2) is 6.78. The van der Waals surface area contributed by atoms with E-state index >= 15 is 0 Å². The summed E-state index contributed by atoms with van der Waals surface area (Å²) < 4.78 is 13.6. The zero-order valence-electron chi connectivity index (χ0n) is 12.3. The Morgan fingerprint density at radius 1 is 0.952 bits per heavy atom. The number of aryl methyl sites for hydroxylation is 1. The van der Waals surface area contributed by atoms with E-state index in [2.05, 4.69) is 31.3 Å². The van der Waals surface area contributed by atoms with Crippen LogP contribution in [-0.4, -0.2) is 0 Å². The lowest BCUT2D eigenvalue weighted by Crippen LogP contribution is -2.23. The average molecular weight is 326 g/mol. The average Bonchev–Trinajstić information content (AvgIpc) is 2.43. The smallest absolute Gasteiger partial charge is 0.142 e. The van der Waals surface area contributed by atoms with Gasteiger partial charge < -0.3 is 5.32 Å². The molecule has 0 fully saturated rings. The summed E-state index contributed by atoms with van der Waals surface area (Å²) in [6.45, 7) is 6.12. The highest BCUT2D eigenvalue weighted by Crippen LogP contribution is 2.30. The minimum absolute atomic E-state index is 0.0444. The number of halogens is 3. The fourth-order valence-electron chi connectivity index (χ4n) is 2.50. The van der Waals surface area contributed by atoms with Gasteiger partial charge in [-0.05, 0) is 49.6 Å². The van der Waals surface area contributed by atoms with Crippen molar-refractivity contribution in [2.45, 2.75) is 32.9 Å². The molecule has 0 bridgehead atoms. The topological polar surface area (TPSA) is 12.0 Å². The lowest BCUT2D eigenvalue weighted by Gasteiger charge is -2.23. The fourth-order valence-corrected chi connectivity index (χ4v) is 3.04. The molecular weight excluding hydrogens is 308 g/mol. The Balaban J connectivity index is 2.20. The van der Waals surface area contributed by atoms with Gasteiger partial charge in [-0.1, -0.05) is 47.5 Å². The summed E-state index contributed by atoms with van der Waals surface area (Å²) in [5, 5.41) is 3.96. The zero-order valence-corrected chi connectivity index (χ0v) is 13.8. The van der Waals surface area contributed by atoms with Gasteiger partial charge in [-0.25, -0.2) is 4.39 Å². The van der Waals surface area contributed by atoms with Crippen molar-refractivity contribution in [3.63, 3.8) is 0 Å². The van der Waals surface area contributed by atoms with Crippen molar-refractivity contribution in [1.82, 2.24) is 5.32 Å². The Labute approximate surface area is 135 Å². The molecule has 2 rings (SSSR count). The van der Waals surface area contributed by atoms with Crippen molar-refractivity contribution in [2.24, 2.45) is 0 Å². The van der Waals surface area contributed by atoms with E-state index in [9.17, 15) is 4.39 Å². The molecule has 0 radical (unpaired) electrons. The molecule has 2 aromatic carbocycles. The van der Waals surface area contributed by atoms with Crippen LogP contribution in [0.1, 0.15) is 42.6 Å². The standard InChI is InChI=1S/C17H18Cl2FN/c1-10-6-4-5-7-13(10)11(2)21-12(3)14-8-17(20)16(19)9-15(14)18/h4-9,11-12,21H,1-3H3. The zero-order chi connectivity index (χ0) is 15.6. The maximum Gasteiger partial charge on any atom is 0.142 e. The van der Waals surface area contributed by atoms with Gasteiger partial charge in [0.05, 0.1) is 5.02 Å². The van der Waals surface area contributed by atoms with Gasteiger partial charge in [0.15, 0.2) is 0 Å². The number of rotatable bonds is 4. The molecule has 1 nitrogen and oxygen atoms in total. The first kappa shape index (κ1) is 16.3. The molecule has 0 amide bonds. The van der Waals surface area contributed by atoms with E-state index in [4.69, 9.17) is 23.2 Å². The summed E-state index contributed by atoms with van der Waals surface area (Å²) >= 11 is 11.9. The van der Waals surface area contributed by atoms with Crippen molar-refractivity contribution in [1.29, 1.82) is 0 Å². The van der Waals surface area contributed by atoms with Gasteiger partial charge in [-0.2, -0.15) is 0 Å². The van der Waals surface area contributed by atoms with E-state index in [0.717, 1.165) is 0 Å². The van der Waals surface area contributed by atoms with Crippen molar-refractivity contribution in [3.8, 4) is 0 Å². The maximum atomic E-state index is 13.6. The first-order chi connectivity index (χ1) is 9.90. The van der Waals surface area contributed by atoms with Gasteiger partial charge in [-0.15, -0.1) is 0 Å². The van der Waals surface area contributed by atoms with E-state index in [0.29, 0.717) is 10.6 Å². The summed E-state index contributed by atoms with van der Waals surface area (Å²) in [7, 11) is 0. The highest BCUT2D eigenvalue weighted by molar-refractivity contribution is 6.35. The van der Waals surface area contributed by atoms with Crippen LogP contribution in [0.25, 0.3) is 0 Å². The van der Waals surface area contributed by atoms with Crippen molar-refractivity contribution in [3.05, 3.63) is 69.0 Å². The Hall–Kier alpha value is -1.09. The highest BCUT2D eigenvalue weighted by atomic mass is 35.5. The van der Waals surface area contributed by atoms with Gasteiger partial charge >= 0.3 is 0 Å². The summed E-state index contributed by atoms with van der Waals surface area (Å²) in [5.74, 6) is -0.451. The Morgan fingerprint density at radius 2 is 1.57 bits per heavy atom. The third kappa shape index (κ3) is 3.76. The minimum atomic E-state index is -0.451. The van der Waals surface area contributed by atoms with Crippen LogP contribution in [0, 0.1) is 12.7 Å². The summed E-state index contributed by atoms with van der Waals surface area (Å²) in [6.07, 6.45) is 0. The van der Waals surface area contributed by atoms with E-state index in [1.807, 2.05) is 19.1 Å². The summed E-state index contributed by atoms with van der Waals surface area (Å²) in [5.41, 5.74) is 3.15. The van der Waals surface area contributed by atoms with E-state index < -0.39 is 5.82 Å². The fraction of sp³-hybridized carbons (Fsp3) is 0.294. The van der Waals surface area contributed by atoms with Gasteiger partial charge in [0.1, 0.15) is 5.82 Å². The second-order valence-corrected chi connectivity index (χ2v) is 6.07. The third-order valence-electron chi connectivity index (χ3n) is 3.66. The van der Waals surface area contributed by atoms with Crippen LogP contribution in [0.2, 0.25) is 10.0 Å². The van der Waals surface area contributed by atoms with E-state index in [-0.39, 0.29) is 17.1 Å². The molecule has 4 heteroatoms. The first-order valence-electron chi connectivity index (χ1n) is 6.86. The van der Waals surface area contributed by atoms with Gasteiger partial charge in [0, 0.05) is 17.1 Å². The second-order valence-electron chi connectivity index (χ2n) is 5.25. The first-order valence-corrected chi connectivity index (χ1v) is 7.61. The molecule has 0 aromatic heterocycles. The van der Waals surface area contributed by atoms with Gasteiger partial charge in [0.25, 0.3) is 0 Å². The lowest BCUT2D eigenvalue weighted by atomic mass is 10.0. The molecule has 112 valence electrons. The van der Waals surface area contributed by atoms with Crippen LogP contribution in [0.5, 0.6) is 0 Å². The van der Waals surface area contributed by atoms with Crippen LogP contribution in [0.3, 0.4) is 0 Å². The van der Waals surface area contributed by atoms with Crippen LogP contribution < -0.4 is 5.32 Å². The number of hydrogen-bond acceptors (Lipinski definition) is 1. The van der Waals surface area contributed by atoms with Gasteiger partial charge in [0.2, 0.25) is 0 Å². The van der Waals surface area contributed by atoms with Crippen molar-refractivity contribution < 1.29 is 4.39 Å². The molecule has 2 unspecified atom stereocenters. The predicted octanol–water partition coefficient (Wildman–Crippen LogP) is 5.85. The quantitative estimate of drug-likeness (QED) is 0.695. The molecule has 0 heterocycles. The Morgan fingerprint density at radius 3 is 2.24 bits per heavy atom. The van der Waals surface area contributed by atoms with E-state index in [1.54, 1.807) is 0 Å². The SMILES string of the molecule is Cc1ccccc1C(C)NC(C)c1cc(F)c(Cl)cc1Cl. The molecule has 2 atom stereocenters. The monoisotopic (exact) mass is 325 g/mol. The third-order valence-corrected chi connectivity index (χ3v) is 4.28. The summed E-state index contributed by atoms with van der Waals surface area (Å²) in [6, 6.07) is 11.1. The molecule has 1 N–H and O–H groups in total. The molecular formula is C17H18Cl2FN. The van der Waals surface area contributed by atoms with E-state index in [1.165, 1.54) is 23.3 Å². The minimum Gasteiger partial charge on any atom is -0.304 e. The Bertz CT molecular complexity index is 643. The molecule has 0 spiro atoms. The van der Waals surface area contributed by atoms with Crippen LogP contribution in [-0.2, 0) is 0 Å². The molecule has 21 heavy (non-hydrogen) atoms. The molecule has 0 aliphatic carbocycles. The number of nitrogens with one attached hydrogen (secondary N) is 1. The molecule has 0 aliphatic rings. The number of benzene rings is 2. The lowest BCUT2D eigenvalue weighted by molar-refractivity contribution is 0.490. The highest BCUT2D eigenvalue weighted by Gasteiger charge is 2.16. The number of hydrogen-bond donors (Lipinski definition) is 1. The van der Waals surface area contributed by atoms with Crippen LogP contribution in [0.15, 0.2) is 36.4 Å². The van der Waals surface area contributed by atoms with Crippen molar-refractivity contribution >= 4 is 23.2 Å². The molecule has 0 saturated carbocycles. The summed E-state index contributed by atoms with van der Waals surface area (Å²) in [4.78, 5) is 0. The predicted molar refractivity (Wildman–Crippen MR) is 87.6 cm³/mol. The normalized spacial score (nSPS) is 14.0. The maximum absolute atomic E-state index is 13.6. The Kier molecular flexibility index (Phi) is 5.26. The van der Waals surface area contributed by atoms with Crippen molar-refractivity contribution in [2.75, 3.05) is 0 Å². The van der Waals surface area contributed by atoms with Gasteiger partial charge in [-0.3, -0.25) is 0 Å². The van der Waals surface area contributed by atoms with Crippen LogP contribution >= 0.6 is 23.2 Å². The molecule has 0 aliphatic heterocycles. The molecule has 2 aromatic rings. The van der Waals surface area contributed by atoms with Crippen LogP contribution in [0.4, 0.5) is 4.39 Å². The molecule has 0 saturated heterocycles. The largest absolute Gasteiger partial charge is 0.304 e.